The first-order valence-corrected chi connectivity index (χ1v) is 7.37. The van der Waals surface area contributed by atoms with Gasteiger partial charge in [0, 0.05) is 24.7 Å². The van der Waals surface area contributed by atoms with Crippen molar-refractivity contribution in [2.45, 2.75) is 39.2 Å². The highest BCUT2D eigenvalue weighted by Gasteiger charge is 2.30. The van der Waals surface area contributed by atoms with E-state index in [4.69, 9.17) is 5.73 Å². The predicted octanol–water partition coefficient (Wildman–Crippen LogP) is 2.29. The van der Waals surface area contributed by atoms with Crippen LogP contribution in [0.25, 0.3) is 0 Å². The number of likely N-dealkylation sites (tertiary alicyclic amines) is 1. The summed E-state index contributed by atoms with van der Waals surface area (Å²) in [6.45, 7) is 5.29. The second kappa shape index (κ2) is 6.27. The number of aromatic hydroxyl groups is 1. The number of phenolic OH excluding ortho intramolecular Hbond substituents is 1. The number of nitrogens with two attached hydrogens (primary N) is 1. The van der Waals surface area contributed by atoms with Gasteiger partial charge in [-0.1, -0.05) is 13.3 Å². The summed E-state index contributed by atoms with van der Waals surface area (Å²) in [4.78, 5) is 14.5. The molecular weight excluding hydrogens is 252 g/mol. The largest absolute Gasteiger partial charge is 0.508 e. The molecule has 0 saturated carbocycles. The lowest BCUT2D eigenvalue weighted by atomic mass is 9.88. The van der Waals surface area contributed by atoms with Crippen LogP contribution in [0.2, 0.25) is 0 Å². The quantitative estimate of drug-likeness (QED) is 0.890. The lowest BCUT2D eigenvalue weighted by Crippen LogP contribution is -2.49. The summed E-state index contributed by atoms with van der Waals surface area (Å²) in [6.07, 6.45) is 3.20. The van der Waals surface area contributed by atoms with Gasteiger partial charge in [-0.25, -0.2) is 0 Å². The number of nitrogens with zero attached hydrogens (tertiary/aromatic N) is 1. The highest BCUT2D eigenvalue weighted by molar-refractivity contribution is 5.95. The fourth-order valence-corrected chi connectivity index (χ4v) is 2.95. The molecule has 1 aliphatic rings. The summed E-state index contributed by atoms with van der Waals surface area (Å²) in [5, 5.41) is 9.56. The van der Waals surface area contributed by atoms with Crippen molar-refractivity contribution in [3.8, 4) is 5.75 Å². The molecule has 2 atom stereocenters. The number of phenols is 1. The number of carbonyl (C=O) groups is 1. The summed E-state index contributed by atoms with van der Waals surface area (Å²) >= 11 is 0. The highest BCUT2D eigenvalue weighted by Crippen LogP contribution is 2.27. The van der Waals surface area contributed by atoms with Gasteiger partial charge in [0.2, 0.25) is 0 Å². The molecule has 4 heteroatoms. The Hall–Kier alpha value is -1.55. The third-order valence-corrected chi connectivity index (χ3v) is 4.38. The van der Waals surface area contributed by atoms with Crippen LogP contribution in [-0.2, 0) is 0 Å². The van der Waals surface area contributed by atoms with Crippen molar-refractivity contribution in [3.63, 3.8) is 0 Å². The van der Waals surface area contributed by atoms with E-state index in [-0.39, 0.29) is 17.7 Å². The second-order valence-electron chi connectivity index (χ2n) is 5.69. The minimum Gasteiger partial charge on any atom is -0.508 e. The Bertz CT molecular complexity index is 487. The highest BCUT2D eigenvalue weighted by atomic mass is 16.3. The summed E-state index contributed by atoms with van der Waals surface area (Å²) in [6, 6.07) is 5.15. The van der Waals surface area contributed by atoms with Crippen molar-refractivity contribution in [3.05, 3.63) is 29.3 Å². The summed E-state index contributed by atoms with van der Waals surface area (Å²) < 4.78 is 0. The first-order chi connectivity index (χ1) is 9.56. The van der Waals surface area contributed by atoms with Gasteiger partial charge in [-0.05, 0) is 49.4 Å². The monoisotopic (exact) mass is 276 g/mol. The van der Waals surface area contributed by atoms with E-state index in [1.165, 1.54) is 0 Å². The van der Waals surface area contributed by atoms with E-state index in [1.54, 1.807) is 25.1 Å². The molecule has 1 fully saturated rings. The maximum atomic E-state index is 12.6. The second-order valence-corrected chi connectivity index (χ2v) is 5.69. The number of hydrogen-bond acceptors (Lipinski definition) is 3. The van der Waals surface area contributed by atoms with E-state index in [0.29, 0.717) is 18.0 Å². The Morgan fingerprint density at radius 3 is 2.85 bits per heavy atom. The van der Waals surface area contributed by atoms with Crippen LogP contribution >= 0.6 is 0 Å². The van der Waals surface area contributed by atoms with E-state index >= 15 is 0 Å². The molecule has 1 heterocycles. The molecule has 1 aromatic rings. The van der Waals surface area contributed by atoms with Gasteiger partial charge in [-0.15, -0.1) is 0 Å². The van der Waals surface area contributed by atoms with E-state index < -0.39 is 0 Å². The Kier molecular flexibility index (Phi) is 4.65. The van der Waals surface area contributed by atoms with Gasteiger partial charge in [0.25, 0.3) is 5.91 Å². The molecule has 1 saturated heterocycles. The maximum Gasteiger partial charge on any atom is 0.254 e. The van der Waals surface area contributed by atoms with Crippen LogP contribution in [0.5, 0.6) is 5.75 Å². The number of amides is 1. The maximum absolute atomic E-state index is 12.6. The van der Waals surface area contributed by atoms with Crippen molar-refractivity contribution in [1.29, 1.82) is 0 Å². The summed E-state index contributed by atoms with van der Waals surface area (Å²) in [7, 11) is 0. The predicted molar refractivity (Wildman–Crippen MR) is 79.7 cm³/mol. The number of carbonyl (C=O) groups excluding carboxylic acids is 1. The molecule has 1 aromatic carbocycles. The molecule has 20 heavy (non-hydrogen) atoms. The van der Waals surface area contributed by atoms with E-state index in [2.05, 4.69) is 6.92 Å². The summed E-state index contributed by atoms with van der Waals surface area (Å²) in [5.74, 6) is 0.925. The van der Waals surface area contributed by atoms with Gasteiger partial charge >= 0.3 is 0 Å². The first kappa shape index (κ1) is 14.9. The van der Waals surface area contributed by atoms with Crippen LogP contribution in [0.4, 0.5) is 0 Å². The van der Waals surface area contributed by atoms with E-state index in [9.17, 15) is 9.90 Å². The average Bonchev–Trinajstić information content (AvgIpc) is 2.48. The molecule has 4 nitrogen and oxygen atoms in total. The minimum atomic E-state index is 0.0260. The van der Waals surface area contributed by atoms with Gasteiger partial charge in [0.15, 0.2) is 0 Å². The van der Waals surface area contributed by atoms with Gasteiger partial charge in [-0.2, -0.15) is 0 Å². The molecule has 0 bridgehead atoms. The van der Waals surface area contributed by atoms with Crippen LogP contribution in [-0.4, -0.2) is 35.0 Å². The first-order valence-electron chi connectivity index (χ1n) is 7.37. The zero-order valence-electron chi connectivity index (χ0n) is 12.3. The third-order valence-electron chi connectivity index (χ3n) is 4.38. The number of benzene rings is 1. The molecule has 0 aromatic heterocycles. The van der Waals surface area contributed by atoms with Gasteiger partial charge < -0.3 is 15.7 Å². The molecule has 0 spiro atoms. The summed E-state index contributed by atoms with van der Waals surface area (Å²) in [5.41, 5.74) is 7.21. The topological polar surface area (TPSA) is 66.6 Å². The van der Waals surface area contributed by atoms with Crippen LogP contribution in [0.1, 0.15) is 42.1 Å². The third kappa shape index (κ3) is 2.96. The fourth-order valence-electron chi connectivity index (χ4n) is 2.95. The Morgan fingerprint density at radius 2 is 2.25 bits per heavy atom. The van der Waals surface area contributed by atoms with Gasteiger partial charge in [-0.3, -0.25) is 4.79 Å². The molecule has 1 amide bonds. The standard InChI is InChI=1S/C16H24N2O2/c1-3-12-6-7-18(14(9-12)10-17)16(20)13-4-5-15(19)11(2)8-13/h4-5,8,12,14,19H,3,6-7,9-10,17H2,1-2H3. The van der Waals surface area contributed by atoms with Crippen LogP contribution in [0, 0.1) is 12.8 Å². The van der Waals surface area contributed by atoms with Gasteiger partial charge in [0.05, 0.1) is 0 Å². The van der Waals surface area contributed by atoms with Crippen molar-refractivity contribution < 1.29 is 9.90 Å². The smallest absolute Gasteiger partial charge is 0.254 e. The average molecular weight is 276 g/mol. The molecule has 110 valence electrons. The van der Waals surface area contributed by atoms with Crippen molar-refractivity contribution >= 4 is 5.91 Å². The fraction of sp³-hybridized carbons (Fsp3) is 0.562. The zero-order valence-corrected chi connectivity index (χ0v) is 12.3. The van der Waals surface area contributed by atoms with Crippen LogP contribution < -0.4 is 5.73 Å². The Morgan fingerprint density at radius 1 is 1.50 bits per heavy atom. The molecule has 3 N–H and O–H groups in total. The van der Waals surface area contributed by atoms with Crippen molar-refractivity contribution in [2.75, 3.05) is 13.1 Å². The van der Waals surface area contributed by atoms with E-state index in [0.717, 1.165) is 31.4 Å². The molecule has 0 radical (unpaired) electrons. The zero-order chi connectivity index (χ0) is 14.7. The van der Waals surface area contributed by atoms with E-state index in [1.807, 2.05) is 4.90 Å². The normalized spacial score (nSPS) is 22.9. The van der Waals surface area contributed by atoms with Crippen LogP contribution in [0.15, 0.2) is 18.2 Å². The van der Waals surface area contributed by atoms with Crippen molar-refractivity contribution in [1.82, 2.24) is 4.90 Å². The lowest BCUT2D eigenvalue weighted by Gasteiger charge is -2.39. The van der Waals surface area contributed by atoms with Crippen molar-refractivity contribution in [2.24, 2.45) is 11.7 Å². The molecular formula is C16H24N2O2. The SMILES string of the molecule is CCC1CCN(C(=O)c2ccc(O)c(C)c2)C(CN)C1. The minimum absolute atomic E-state index is 0.0260. The molecule has 2 rings (SSSR count). The molecule has 1 aliphatic heterocycles. The number of piperidine rings is 1. The van der Waals surface area contributed by atoms with Gasteiger partial charge in [0.1, 0.15) is 5.75 Å². The molecule has 0 aliphatic carbocycles. The number of aryl methyl sites for hydroxylation is 1. The number of rotatable bonds is 3. The Labute approximate surface area is 120 Å². The lowest BCUT2D eigenvalue weighted by molar-refractivity contribution is 0.0558. The van der Waals surface area contributed by atoms with Crippen LogP contribution in [0.3, 0.4) is 0 Å². The molecule has 2 unspecified atom stereocenters. The number of hydrogen-bond donors (Lipinski definition) is 2. The Balaban J connectivity index is 2.17.